The summed E-state index contributed by atoms with van der Waals surface area (Å²) in [6.07, 6.45) is 2.95. The molecule has 2 fully saturated rings. The van der Waals surface area contributed by atoms with Crippen molar-refractivity contribution in [2.24, 2.45) is 18.9 Å². The minimum Gasteiger partial charge on any atom is -0.371 e. The van der Waals surface area contributed by atoms with Gasteiger partial charge in [0.15, 0.2) is 17.0 Å². The predicted molar refractivity (Wildman–Crippen MR) is 116 cm³/mol. The number of hydrogen-bond donors (Lipinski definition) is 0. The zero-order chi connectivity index (χ0) is 23.6. The molecule has 0 amide bonds. The molecule has 3 aromatic heterocycles. The normalized spacial score (nSPS) is 21.9. The Bertz CT molecular complexity index is 1430. The van der Waals surface area contributed by atoms with Crippen LogP contribution in [0.25, 0.3) is 11.2 Å². The Morgan fingerprint density at radius 2 is 1.94 bits per heavy atom. The third-order valence-electron chi connectivity index (χ3n) is 6.40. The first kappa shape index (κ1) is 21.2. The van der Waals surface area contributed by atoms with E-state index in [4.69, 9.17) is 4.52 Å². The molecule has 4 heterocycles. The Morgan fingerprint density at radius 1 is 1.18 bits per heavy atom. The Balaban J connectivity index is 1.12. The van der Waals surface area contributed by atoms with Crippen molar-refractivity contribution in [1.82, 2.24) is 29.2 Å². The van der Waals surface area contributed by atoms with Gasteiger partial charge in [-0.05, 0) is 41.8 Å². The molecule has 1 aliphatic heterocycles. The number of hydrogen-bond acceptors (Lipinski definition) is 8. The van der Waals surface area contributed by atoms with E-state index in [1.165, 1.54) is 23.3 Å². The first-order valence-corrected chi connectivity index (χ1v) is 11.4. The van der Waals surface area contributed by atoms with E-state index in [0.717, 1.165) is 18.8 Å². The minimum atomic E-state index is -4.31. The molecule has 0 N–H and O–H groups in total. The molecule has 1 aromatic carbocycles. The van der Waals surface area contributed by atoms with Gasteiger partial charge in [-0.3, -0.25) is 9.36 Å². The fraction of sp³-hybridized carbons (Fsp3) is 0.381. The summed E-state index contributed by atoms with van der Waals surface area (Å²) in [7, 11) is 1.73. The van der Waals surface area contributed by atoms with Gasteiger partial charge in [0.05, 0.1) is 6.33 Å². The number of rotatable bonds is 5. The molecule has 1 unspecified atom stereocenters. The summed E-state index contributed by atoms with van der Waals surface area (Å²) in [5.41, 5.74) is -2.98. The average molecular weight is 489 g/mol. The molecule has 34 heavy (non-hydrogen) atoms. The highest BCUT2D eigenvalue weighted by atomic mass is 32.2. The number of fused-ring (bicyclic) bond motifs is 2. The Morgan fingerprint density at radius 3 is 2.71 bits per heavy atom. The molecule has 176 valence electrons. The van der Waals surface area contributed by atoms with Crippen molar-refractivity contribution >= 4 is 28.6 Å². The van der Waals surface area contributed by atoms with Crippen molar-refractivity contribution in [3.63, 3.8) is 0 Å². The Kier molecular flexibility index (Phi) is 4.73. The molecule has 1 saturated heterocycles. The number of aryl methyl sites for hydroxylation is 1. The summed E-state index contributed by atoms with van der Waals surface area (Å²) in [5.74, 6) is 1.71. The maximum Gasteiger partial charge on any atom is 0.446 e. The number of thioether (sulfide) groups is 1. The molecule has 1 aliphatic carbocycles. The number of aromatic nitrogens is 6. The fourth-order valence-electron chi connectivity index (χ4n) is 4.80. The first-order chi connectivity index (χ1) is 16.3. The van der Waals surface area contributed by atoms with Crippen molar-refractivity contribution in [2.45, 2.75) is 22.9 Å². The summed E-state index contributed by atoms with van der Waals surface area (Å²) >= 11 is -0.103. The van der Waals surface area contributed by atoms with E-state index in [9.17, 15) is 18.0 Å². The number of anilines is 1. The molecule has 9 nitrogen and oxygen atoms in total. The van der Waals surface area contributed by atoms with E-state index in [-0.39, 0.29) is 34.7 Å². The molecule has 4 aromatic rings. The highest BCUT2D eigenvalue weighted by Crippen LogP contribution is 2.58. The van der Waals surface area contributed by atoms with Gasteiger partial charge >= 0.3 is 5.51 Å². The van der Waals surface area contributed by atoms with Gasteiger partial charge in [-0.25, -0.2) is 9.97 Å². The lowest BCUT2D eigenvalue weighted by molar-refractivity contribution is -0.0328. The van der Waals surface area contributed by atoms with E-state index < -0.39 is 5.51 Å². The lowest BCUT2D eigenvalue weighted by atomic mass is 10.2. The van der Waals surface area contributed by atoms with Crippen molar-refractivity contribution in [1.29, 1.82) is 0 Å². The van der Waals surface area contributed by atoms with Crippen molar-refractivity contribution in [3.8, 4) is 0 Å². The van der Waals surface area contributed by atoms with Crippen LogP contribution in [0, 0.1) is 11.8 Å². The molecule has 0 bridgehead atoms. The molecule has 6 rings (SSSR count). The second kappa shape index (κ2) is 7.58. The maximum absolute atomic E-state index is 12.7. The Hall–Kier alpha value is -3.35. The van der Waals surface area contributed by atoms with Gasteiger partial charge in [0.25, 0.3) is 5.56 Å². The zero-order valence-electron chi connectivity index (χ0n) is 17.8. The second-order valence-corrected chi connectivity index (χ2v) is 9.69. The second-order valence-electron chi connectivity index (χ2n) is 8.56. The summed E-state index contributed by atoms with van der Waals surface area (Å²) in [6, 6.07) is 6.53. The van der Waals surface area contributed by atoms with Crippen LogP contribution in [0.4, 0.5) is 18.9 Å². The van der Waals surface area contributed by atoms with E-state index in [1.807, 2.05) is 6.07 Å². The topological polar surface area (TPSA) is 94.9 Å². The van der Waals surface area contributed by atoms with Crippen LogP contribution >= 0.6 is 11.8 Å². The summed E-state index contributed by atoms with van der Waals surface area (Å²) in [4.78, 5) is 27.7. The predicted octanol–water partition coefficient (Wildman–Crippen LogP) is 3.02. The number of nitrogens with zero attached hydrogens (tertiary/aromatic N) is 7. The van der Waals surface area contributed by atoms with Crippen molar-refractivity contribution in [3.05, 3.63) is 59.0 Å². The minimum absolute atomic E-state index is 0.103. The van der Waals surface area contributed by atoms with Crippen LogP contribution in [0.5, 0.6) is 0 Å². The molecule has 0 spiro atoms. The number of imidazole rings is 1. The lowest BCUT2D eigenvalue weighted by Gasteiger charge is -2.22. The molecule has 2 aliphatic rings. The average Bonchev–Trinajstić information content (AvgIpc) is 3.19. The molecule has 13 heteroatoms. The largest absolute Gasteiger partial charge is 0.446 e. The van der Waals surface area contributed by atoms with E-state index in [0.29, 0.717) is 34.7 Å². The van der Waals surface area contributed by atoms with Crippen LogP contribution in [0.15, 0.2) is 51.1 Å². The Labute approximate surface area is 194 Å². The summed E-state index contributed by atoms with van der Waals surface area (Å²) in [6.45, 7) is 1.55. The number of piperidine rings is 1. The lowest BCUT2D eigenvalue weighted by Crippen LogP contribution is -2.24. The zero-order valence-corrected chi connectivity index (χ0v) is 18.6. The smallest absolute Gasteiger partial charge is 0.371 e. The fourth-order valence-corrected chi connectivity index (χ4v) is 5.39. The van der Waals surface area contributed by atoms with Crippen LogP contribution < -0.4 is 10.5 Å². The van der Waals surface area contributed by atoms with Crippen LogP contribution in [-0.4, -0.2) is 47.8 Å². The van der Waals surface area contributed by atoms with Crippen LogP contribution in [0.3, 0.4) is 0 Å². The number of alkyl halides is 3. The van der Waals surface area contributed by atoms with Gasteiger partial charge in [0.1, 0.15) is 12.9 Å². The third kappa shape index (κ3) is 3.73. The highest BCUT2D eigenvalue weighted by Gasteiger charge is 2.58. The maximum atomic E-state index is 12.7. The molecule has 0 radical (unpaired) electrons. The third-order valence-corrected chi connectivity index (χ3v) is 7.12. The van der Waals surface area contributed by atoms with E-state index >= 15 is 0 Å². The van der Waals surface area contributed by atoms with Crippen LogP contribution in [0.1, 0.15) is 17.6 Å². The monoisotopic (exact) mass is 489 g/mol. The van der Waals surface area contributed by atoms with Gasteiger partial charge in [-0.1, -0.05) is 11.2 Å². The van der Waals surface area contributed by atoms with Crippen LogP contribution in [-0.2, 0) is 13.6 Å². The van der Waals surface area contributed by atoms with E-state index in [2.05, 4.69) is 25.0 Å². The van der Waals surface area contributed by atoms with Gasteiger partial charge in [-0.15, -0.1) is 0 Å². The van der Waals surface area contributed by atoms with Crippen LogP contribution in [0.2, 0.25) is 0 Å². The summed E-state index contributed by atoms with van der Waals surface area (Å²) < 4.78 is 46.5. The standard InChI is InChI=1S/C21H18F3N7O2S/c1-29-9-25-19-17(29)20(32)31(10-26-19)8-15-27-18(28-33-15)16-13-6-30(7-14(13)16)11-3-2-4-12(5-11)34-21(22,23)24/h2-5,9-10,13-14,16H,6-8H2,1H3/t13-,14+,16?. The van der Waals surface area contributed by atoms with Gasteiger partial charge in [-0.2, -0.15) is 18.2 Å². The van der Waals surface area contributed by atoms with Gasteiger partial charge in [0, 0.05) is 36.6 Å². The van der Waals surface area contributed by atoms with Crippen molar-refractivity contribution in [2.75, 3.05) is 18.0 Å². The van der Waals surface area contributed by atoms with Crippen molar-refractivity contribution < 1.29 is 17.7 Å². The SMILES string of the molecule is Cn1cnc2ncn(Cc3nc(C4[C@H]5CN(c6cccc(SC(F)(F)F)c6)C[C@@H]45)no3)c(=O)c21. The quantitative estimate of drug-likeness (QED) is 0.395. The number of halogens is 3. The summed E-state index contributed by atoms with van der Waals surface area (Å²) in [5, 5.41) is 4.12. The molecular weight excluding hydrogens is 471 g/mol. The highest BCUT2D eigenvalue weighted by molar-refractivity contribution is 8.00. The molecule has 1 saturated carbocycles. The number of benzene rings is 1. The van der Waals surface area contributed by atoms with Gasteiger partial charge in [0.2, 0.25) is 5.89 Å². The molecular formula is C21H18F3N7O2S. The molecule has 3 atom stereocenters. The van der Waals surface area contributed by atoms with E-state index in [1.54, 1.807) is 23.7 Å². The first-order valence-electron chi connectivity index (χ1n) is 10.6. The van der Waals surface area contributed by atoms with Gasteiger partial charge < -0.3 is 14.0 Å².